The summed E-state index contributed by atoms with van der Waals surface area (Å²) < 4.78 is 4.91. The molecule has 1 fully saturated rings. The van der Waals surface area contributed by atoms with E-state index in [9.17, 15) is 9.59 Å². The Bertz CT molecular complexity index is 326. The van der Waals surface area contributed by atoms with Gasteiger partial charge in [-0.1, -0.05) is 12.2 Å². The first-order valence-electron chi connectivity index (χ1n) is 6.33. The summed E-state index contributed by atoms with van der Waals surface area (Å²) in [5.41, 5.74) is 0. The summed E-state index contributed by atoms with van der Waals surface area (Å²) in [5, 5.41) is 0. The van der Waals surface area contributed by atoms with E-state index in [0.717, 1.165) is 25.7 Å². The van der Waals surface area contributed by atoms with Crippen molar-refractivity contribution in [2.45, 2.75) is 38.6 Å². The van der Waals surface area contributed by atoms with Gasteiger partial charge in [0, 0.05) is 12.0 Å². The second-order valence-electron chi connectivity index (χ2n) is 4.64. The molecule has 1 saturated carbocycles. The van der Waals surface area contributed by atoms with Crippen molar-refractivity contribution in [1.82, 2.24) is 4.90 Å². The molecule has 4 heteroatoms. The molecule has 0 unspecified atom stereocenters. The van der Waals surface area contributed by atoms with Crippen LogP contribution < -0.4 is 0 Å². The number of hydrogen-bond donors (Lipinski definition) is 0. The molecule has 0 N–H and O–H groups in total. The summed E-state index contributed by atoms with van der Waals surface area (Å²) in [4.78, 5) is 25.4. The van der Waals surface area contributed by atoms with Crippen LogP contribution in [0.5, 0.6) is 0 Å². The molecule has 0 spiro atoms. The fourth-order valence-electron chi connectivity index (χ4n) is 2.17. The molecule has 2 aliphatic rings. The molecule has 17 heavy (non-hydrogen) atoms. The minimum atomic E-state index is -0.293. The van der Waals surface area contributed by atoms with Crippen LogP contribution in [-0.2, 0) is 14.3 Å². The van der Waals surface area contributed by atoms with Crippen LogP contribution in [0.4, 0.5) is 0 Å². The Morgan fingerprint density at radius 3 is 2.47 bits per heavy atom. The lowest BCUT2D eigenvalue weighted by atomic mass is 10.1. The molecule has 94 valence electrons. The van der Waals surface area contributed by atoms with Gasteiger partial charge in [0.1, 0.15) is 6.54 Å². The first kappa shape index (κ1) is 12.1. The molecule has 2 rings (SSSR count). The monoisotopic (exact) mass is 237 g/mol. The van der Waals surface area contributed by atoms with Gasteiger partial charge >= 0.3 is 5.97 Å². The van der Waals surface area contributed by atoms with E-state index in [2.05, 4.69) is 0 Å². The highest BCUT2D eigenvalue weighted by Crippen LogP contribution is 2.30. The zero-order chi connectivity index (χ0) is 12.3. The lowest BCUT2D eigenvalue weighted by molar-refractivity contribution is -0.150. The Hall–Kier alpha value is -1.32. The number of ether oxygens (including phenoxy) is 1. The molecule has 0 heterocycles. The van der Waals surface area contributed by atoms with Crippen LogP contribution in [0.15, 0.2) is 12.2 Å². The topological polar surface area (TPSA) is 46.6 Å². The second kappa shape index (κ2) is 5.34. The van der Waals surface area contributed by atoms with Crippen LogP contribution in [0.1, 0.15) is 32.6 Å². The van der Waals surface area contributed by atoms with Crippen molar-refractivity contribution in [2.24, 2.45) is 5.92 Å². The maximum atomic E-state index is 12.2. The van der Waals surface area contributed by atoms with Crippen molar-refractivity contribution in [1.29, 1.82) is 0 Å². The lowest BCUT2D eigenvalue weighted by Crippen LogP contribution is -2.41. The number of carbonyl (C=O) groups is 2. The minimum absolute atomic E-state index is 0.0463. The Balaban J connectivity index is 1.92. The molecular weight excluding hydrogens is 218 g/mol. The molecule has 0 aromatic heterocycles. The predicted molar refractivity (Wildman–Crippen MR) is 63.2 cm³/mol. The summed E-state index contributed by atoms with van der Waals surface area (Å²) in [7, 11) is 0. The van der Waals surface area contributed by atoms with E-state index in [4.69, 9.17) is 4.74 Å². The molecule has 0 aromatic rings. The fourth-order valence-corrected chi connectivity index (χ4v) is 2.17. The number of amides is 1. The van der Waals surface area contributed by atoms with Crippen molar-refractivity contribution < 1.29 is 14.3 Å². The molecule has 0 atom stereocenters. The second-order valence-corrected chi connectivity index (χ2v) is 4.64. The molecule has 2 aliphatic carbocycles. The molecule has 1 amide bonds. The Morgan fingerprint density at radius 1 is 1.29 bits per heavy atom. The molecule has 0 radical (unpaired) electrons. The van der Waals surface area contributed by atoms with E-state index in [1.807, 2.05) is 12.2 Å². The average molecular weight is 237 g/mol. The van der Waals surface area contributed by atoms with Gasteiger partial charge in [-0.25, -0.2) is 0 Å². The third-order valence-electron chi connectivity index (χ3n) is 3.23. The fraction of sp³-hybridized carbons (Fsp3) is 0.692. The van der Waals surface area contributed by atoms with E-state index in [0.29, 0.717) is 6.61 Å². The average Bonchev–Trinajstić information content (AvgIpc) is 3.00. The lowest BCUT2D eigenvalue weighted by Gasteiger charge is -2.24. The summed E-state index contributed by atoms with van der Waals surface area (Å²) in [5.74, 6) is -0.130. The van der Waals surface area contributed by atoms with E-state index >= 15 is 0 Å². The minimum Gasteiger partial charge on any atom is -0.465 e. The molecule has 4 nitrogen and oxygen atoms in total. The number of allylic oxidation sites excluding steroid dienone is 2. The van der Waals surface area contributed by atoms with Crippen molar-refractivity contribution in [3.8, 4) is 0 Å². The Kier molecular flexibility index (Phi) is 3.82. The van der Waals surface area contributed by atoms with Gasteiger partial charge in [-0.05, 0) is 32.6 Å². The molecule has 0 aromatic carbocycles. The van der Waals surface area contributed by atoms with Gasteiger partial charge in [-0.3, -0.25) is 9.59 Å². The third kappa shape index (κ3) is 3.08. The van der Waals surface area contributed by atoms with Gasteiger partial charge < -0.3 is 9.64 Å². The number of carbonyl (C=O) groups excluding carboxylic acids is 2. The highest BCUT2D eigenvalue weighted by Gasteiger charge is 2.37. The van der Waals surface area contributed by atoms with Crippen LogP contribution in [0.3, 0.4) is 0 Å². The Labute approximate surface area is 102 Å². The van der Waals surface area contributed by atoms with Gasteiger partial charge in [0.15, 0.2) is 0 Å². The van der Waals surface area contributed by atoms with Crippen LogP contribution >= 0.6 is 0 Å². The number of hydrogen-bond acceptors (Lipinski definition) is 3. The van der Waals surface area contributed by atoms with Crippen LogP contribution in [0, 0.1) is 5.92 Å². The van der Waals surface area contributed by atoms with Crippen LogP contribution in [-0.4, -0.2) is 36.0 Å². The normalized spacial score (nSPS) is 19.4. The van der Waals surface area contributed by atoms with Crippen molar-refractivity contribution in [2.75, 3.05) is 13.2 Å². The predicted octanol–water partition coefficient (Wildman–Crippen LogP) is 1.51. The Morgan fingerprint density at radius 2 is 1.94 bits per heavy atom. The number of esters is 1. The highest BCUT2D eigenvalue weighted by molar-refractivity contribution is 5.84. The summed E-state index contributed by atoms with van der Waals surface area (Å²) in [6.07, 6.45) is 7.74. The van der Waals surface area contributed by atoms with Crippen LogP contribution in [0.2, 0.25) is 0 Å². The summed E-state index contributed by atoms with van der Waals surface area (Å²) >= 11 is 0. The summed E-state index contributed by atoms with van der Waals surface area (Å²) in [6.45, 7) is 2.27. The van der Waals surface area contributed by atoms with Crippen molar-refractivity contribution in [3.05, 3.63) is 12.2 Å². The first-order chi connectivity index (χ1) is 8.22. The first-order valence-corrected chi connectivity index (χ1v) is 6.33. The van der Waals surface area contributed by atoms with E-state index < -0.39 is 0 Å². The third-order valence-corrected chi connectivity index (χ3v) is 3.23. The van der Waals surface area contributed by atoms with E-state index in [1.165, 1.54) is 0 Å². The van der Waals surface area contributed by atoms with Gasteiger partial charge in [0.25, 0.3) is 0 Å². The van der Waals surface area contributed by atoms with Gasteiger partial charge in [0.2, 0.25) is 5.91 Å². The highest BCUT2D eigenvalue weighted by atomic mass is 16.5. The van der Waals surface area contributed by atoms with Gasteiger partial charge in [-0.15, -0.1) is 0 Å². The van der Waals surface area contributed by atoms with Gasteiger partial charge in [-0.2, -0.15) is 0 Å². The molecule has 0 aliphatic heterocycles. The molecular formula is C13H19NO3. The summed E-state index contributed by atoms with van der Waals surface area (Å²) in [6, 6.07) is 0.271. The largest absolute Gasteiger partial charge is 0.465 e. The zero-order valence-corrected chi connectivity index (χ0v) is 10.2. The van der Waals surface area contributed by atoms with E-state index in [1.54, 1.807) is 11.8 Å². The maximum absolute atomic E-state index is 12.2. The zero-order valence-electron chi connectivity index (χ0n) is 10.2. The smallest absolute Gasteiger partial charge is 0.325 e. The quantitative estimate of drug-likeness (QED) is 0.538. The van der Waals surface area contributed by atoms with Crippen LogP contribution in [0.25, 0.3) is 0 Å². The number of nitrogens with zero attached hydrogens (tertiary/aromatic N) is 1. The van der Waals surface area contributed by atoms with E-state index in [-0.39, 0.29) is 30.4 Å². The number of rotatable bonds is 5. The molecule has 0 bridgehead atoms. The SMILES string of the molecule is CCOC(=O)CN(C(=O)C1CC=CC1)C1CC1. The van der Waals surface area contributed by atoms with Crippen molar-refractivity contribution >= 4 is 11.9 Å². The standard InChI is InChI=1S/C13H19NO3/c1-2-17-12(15)9-14(11-7-8-11)13(16)10-5-3-4-6-10/h3-4,10-11H,2,5-9H2,1H3. The van der Waals surface area contributed by atoms with Crippen molar-refractivity contribution in [3.63, 3.8) is 0 Å². The molecule has 0 saturated heterocycles. The van der Waals surface area contributed by atoms with Gasteiger partial charge in [0.05, 0.1) is 6.61 Å². The maximum Gasteiger partial charge on any atom is 0.325 e.